The first kappa shape index (κ1) is 15.4. The van der Waals surface area contributed by atoms with Gasteiger partial charge < -0.3 is 4.74 Å². The fourth-order valence-corrected chi connectivity index (χ4v) is 1.46. The summed E-state index contributed by atoms with van der Waals surface area (Å²) in [6.07, 6.45) is -3.65. The number of ether oxygens (including phenoxy) is 1. The molecule has 0 radical (unpaired) electrons. The van der Waals surface area contributed by atoms with Crippen LogP contribution in [0.4, 0.5) is 14.5 Å². The van der Waals surface area contributed by atoms with Gasteiger partial charge in [0.1, 0.15) is 11.8 Å². The number of esters is 1. The Hall–Kier alpha value is -2.63. The quantitative estimate of drug-likeness (QED) is 0.464. The number of pyridine rings is 1. The van der Waals surface area contributed by atoms with Gasteiger partial charge >= 0.3 is 5.97 Å². The van der Waals surface area contributed by atoms with Crippen LogP contribution in [0.1, 0.15) is 30.3 Å². The Labute approximate surface area is 111 Å². The number of hydrogen-bond donors (Lipinski definition) is 0. The fraction of sp³-hybridized carbons (Fsp3) is 0.364. The lowest BCUT2D eigenvalue weighted by atomic mass is 10.1. The number of nitro groups is 1. The summed E-state index contributed by atoms with van der Waals surface area (Å²) in [5, 5.41) is 19.5. The molecule has 0 amide bonds. The fourth-order valence-electron chi connectivity index (χ4n) is 1.46. The molecule has 1 aromatic heterocycles. The number of nitriles is 1. The number of aromatic nitrogens is 1. The molecule has 1 heterocycles. The van der Waals surface area contributed by atoms with Crippen molar-refractivity contribution in [1.29, 1.82) is 5.26 Å². The summed E-state index contributed by atoms with van der Waals surface area (Å²) in [5.41, 5.74) is -2.61. The third kappa shape index (κ3) is 3.44. The monoisotopic (exact) mass is 285 g/mol. The zero-order chi connectivity index (χ0) is 15.3. The van der Waals surface area contributed by atoms with Crippen LogP contribution >= 0.6 is 0 Å². The van der Waals surface area contributed by atoms with Crippen LogP contribution in [-0.2, 0) is 16.0 Å². The molecular weight excluding hydrogens is 276 g/mol. The summed E-state index contributed by atoms with van der Waals surface area (Å²) >= 11 is 0. The van der Waals surface area contributed by atoms with Crippen LogP contribution in [0.15, 0.2) is 6.07 Å². The number of halogens is 2. The molecule has 0 aliphatic heterocycles. The van der Waals surface area contributed by atoms with Gasteiger partial charge in [0, 0.05) is 11.6 Å². The van der Waals surface area contributed by atoms with E-state index in [4.69, 9.17) is 5.26 Å². The van der Waals surface area contributed by atoms with Crippen molar-refractivity contribution in [1.82, 2.24) is 4.98 Å². The molecule has 0 fully saturated rings. The van der Waals surface area contributed by atoms with Gasteiger partial charge in [-0.15, -0.1) is 0 Å². The maximum Gasteiger partial charge on any atom is 0.310 e. The van der Waals surface area contributed by atoms with Gasteiger partial charge in [-0.1, -0.05) is 0 Å². The van der Waals surface area contributed by atoms with E-state index in [-0.39, 0.29) is 12.2 Å². The largest absolute Gasteiger partial charge is 0.466 e. The van der Waals surface area contributed by atoms with Crippen molar-refractivity contribution in [3.8, 4) is 6.07 Å². The van der Waals surface area contributed by atoms with E-state index < -0.39 is 40.8 Å². The highest BCUT2D eigenvalue weighted by Gasteiger charge is 2.27. The minimum absolute atomic E-state index is 0.0887. The van der Waals surface area contributed by atoms with E-state index in [0.29, 0.717) is 0 Å². The first-order valence-electron chi connectivity index (χ1n) is 5.42. The van der Waals surface area contributed by atoms with E-state index in [1.165, 1.54) is 6.07 Å². The first-order chi connectivity index (χ1) is 9.40. The lowest BCUT2D eigenvalue weighted by Gasteiger charge is -2.06. The van der Waals surface area contributed by atoms with Gasteiger partial charge in [-0.05, 0) is 6.92 Å². The molecule has 0 saturated carbocycles. The molecule has 0 aromatic carbocycles. The summed E-state index contributed by atoms with van der Waals surface area (Å²) in [6.45, 7) is 1.65. The van der Waals surface area contributed by atoms with Gasteiger partial charge in [0.05, 0.1) is 18.0 Å². The van der Waals surface area contributed by atoms with Crippen molar-refractivity contribution < 1.29 is 23.2 Å². The second kappa shape index (κ2) is 6.51. The Balaban J connectivity index is 3.31. The van der Waals surface area contributed by atoms with Crippen molar-refractivity contribution >= 4 is 11.7 Å². The first-order valence-corrected chi connectivity index (χ1v) is 5.42. The lowest BCUT2D eigenvalue weighted by molar-refractivity contribution is -0.386. The Kier molecular flexibility index (Phi) is 5.02. The highest BCUT2D eigenvalue weighted by molar-refractivity contribution is 5.73. The summed E-state index contributed by atoms with van der Waals surface area (Å²) in [4.78, 5) is 24.3. The minimum atomic E-state index is -3.20. The lowest BCUT2D eigenvalue weighted by Crippen LogP contribution is -2.11. The average molecular weight is 285 g/mol. The smallest absolute Gasteiger partial charge is 0.310 e. The number of alkyl halides is 2. The standard InChI is InChI=1S/C11H9F2N3O4/c1-2-20-9(17)4-6-3-8(16(18)19)10(11(12)13)15-7(6)5-14/h3,11H,2,4H2,1H3. The molecule has 7 nitrogen and oxygen atoms in total. The minimum Gasteiger partial charge on any atom is -0.466 e. The average Bonchev–Trinajstić information content (AvgIpc) is 2.38. The van der Waals surface area contributed by atoms with Crippen molar-refractivity contribution in [2.75, 3.05) is 6.61 Å². The molecule has 1 rings (SSSR count). The molecule has 0 bridgehead atoms. The Bertz CT molecular complexity index is 584. The Morgan fingerprint density at radius 2 is 2.30 bits per heavy atom. The number of rotatable bonds is 5. The molecule has 9 heteroatoms. The molecule has 0 aliphatic rings. The molecule has 0 aliphatic carbocycles. The zero-order valence-electron chi connectivity index (χ0n) is 10.3. The SMILES string of the molecule is CCOC(=O)Cc1cc([N+](=O)[O-])c(C(F)F)nc1C#N. The summed E-state index contributed by atoms with van der Waals surface area (Å²) in [7, 11) is 0. The number of carbonyl (C=O) groups is 1. The third-order valence-electron chi connectivity index (χ3n) is 2.26. The molecule has 20 heavy (non-hydrogen) atoms. The summed E-state index contributed by atoms with van der Waals surface area (Å²) < 4.78 is 29.9. The predicted molar refractivity (Wildman–Crippen MR) is 60.9 cm³/mol. The molecule has 106 valence electrons. The Morgan fingerprint density at radius 3 is 2.75 bits per heavy atom. The molecule has 0 saturated heterocycles. The van der Waals surface area contributed by atoms with Gasteiger partial charge in [0.25, 0.3) is 12.1 Å². The van der Waals surface area contributed by atoms with Gasteiger partial charge in [-0.25, -0.2) is 13.8 Å². The van der Waals surface area contributed by atoms with Gasteiger partial charge in [0.15, 0.2) is 5.69 Å². The van der Waals surface area contributed by atoms with Crippen LogP contribution < -0.4 is 0 Å². The van der Waals surface area contributed by atoms with Crippen LogP contribution in [0.2, 0.25) is 0 Å². The highest BCUT2D eigenvalue weighted by atomic mass is 19.3. The predicted octanol–water partition coefficient (Wildman–Crippen LogP) is 1.90. The molecule has 0 spiro atoms. The van der Waals surface area contributed by atoms with Crippen LogP contribution in [0, 0.1) is 21.4 Å². The topological polar surface area (TPSA) is 106 Å². The van der Waals surface area contributed by atoms with E-state index in [1.54, 1.807) is 6.92 Å². The van der Waals surface area contributed by atoms with Crippen LogP contribution in [-0.4, -0.2) is 22.5 Å². The second-order valence-corrected chi connectivity index (χ2v) is 3.55. The maximum absolute atomic E-state index is 12.7. The summed E-state index contributed by atoms with van der Waals surface area (Å²) in [6, 6.07) is 2.28. The second-order valence-electron chi connectivity index (χ2n) is 3.55. The number of hydrogen-bond acceptors (Lipinski definition) is 6. The number of nitrogens with zero attached hydrogens (tertiary/aromatic N) is 3. The van der Waals surface area contributed by atoms with Crippen LogP contribution in [0.25, 0.3) is 0 Å². The van der Waals surface area contributed by atoms with Crippen molar-refractivity contribution in [2.24, 2.45) is 0 Å². The van der Waals surface area contributed by atoms with E-state index in [2.05, 4.69) is 9.72 Å². The van der Waals surface area contributed by atoms with Crippen molar-refractivity contribution in [2.45, 2.75) is 19.8 Å². The number of carbonyl (C=O) groups excluding carboxylic acids is 1. The molecule has 0 N–H and O–H groups in total. The van der Waals surface area contributed by atoms with E-state index in [9.17, 15) is 23.7 Å². The molecular formula is C11H9F2N3O4. The van der Waals surface area contributed by atoms with Crippen molar-refractivity contribution in [3.63, 3.8) is 0 Å². The van der Waals surface area contributed by atoms with Crippen molar-refractivity contribution in [3.05, 3.63) is 33.1 Å². The van der Waals surface area contributed by atoms with Gasteiger partial charge in [0.2, 0.25) is 0 Å². The van der Waals surface area contributed by atoms with Gasteiger partial charge in [-0.3, -0.25) is 14.9 Å². The van der Waals surface area contributed by atoms with E-state index >= 15 is 0 Å². The normalized spacial score (nSPS) is 10.2. The van der Waals surface area contributed by atoms with E-state index in [1.807, 2.05) is 0 Å². The van der Waals surface area contributed by atoms with E-state index in [0.717, 1.165) is 6.07 Å². The molecule has 1 aromatic rings. The summed E-state index contributed by atoms with van der Waals surface area (Å²) in [5.74, 6) is -0.732. The molecule has 0 unspecified atom stereocenters. The molecule has 0 atom stereocenters. The third-order valence-corrected chi connectivity index (χ3v) is 2.26. The van der Waals surface area contributed by atoms with Crippen LogP contribution in [0.5, 0.6) is 0 Å². The Morgan fingerprint density at radius 1 is 1.65 bits per heavy atom. The van der Waals surface area contributed by atoms with Crippen LogP contribution in [0.3, 0.4) is 0 Å². The van der Waals surface area contributed by atoms with Gasteiger partial charge in [-0.2, -0.15) is 5.26 Å². The highest BCUT2D eigenvalue weighted by Crippen LogP contribution is 2.29. The maximum atomic E-state index is 12.7. The zero-order valence-corrected chi connectivity index (χ0v) is 10.3.